The van der Waals surface area contributed by atoms with Crippen molar-refractivity contribution >= 4 is 18.3 Å². The number of aromatic nitrogens is 1. The van der Waals surface area contributed by atoms with E-state index >= 15 is 0 Å². The van der Waals surface area contributed by atoms with Crippen molar-refractivity contribution < 1.29 is 24.6 Å². The van der Waals surface area contributed by atoms with E-state index in [1.165, 1.54) is 12.5 Å². The second-order valence-electron chi connectivity index (χ2n) is 8.77. The Bertz CT molecular complexity index is 1080. The first-order chi connectivity index (χ1) is 16.3. The fourth-order valence-electron chi connectivity index (χ4n) is 4.82. The number of carboxylic acid groups (broad SMARTS) is 2. The van der Waals surface area contributed by atoms with E-state index in [1.54, 1.807) is 15.7 Å². The fraction of sp³-hybridized carbons (Fsp3) is 0.440. The van der Waals surface area contributed by atoms with Gasteiger partial charge in [0.25, 0.3) is 12.0 Å². The Hall–Kier alpha value is -3.46. The smallest absolute Gasteiger partial charge is 0.341 e. The molecule has 1 aromatic heterocycles. The van der Waals surface area contributed by atoms with Gasteiger partial charge in [0.2, 0.25) is 5.91 Å². The number of likely N-dealkylation sites (tertiary alicyclic amines) is 1. The first kappa shape index (κ1) is 25.2. The summed E-state index contributed by atoms with van der Waals surface area (Å²) in [7, 11) is 0. The van der Waals surface area contributed by atoms with Crippen LogP contribution in [0.3, 0.4) is 0 Å². The number of pyridine rings is 1. The monoisotopic (exact) mass is 469 g/mol. The number of nitrogens with zero attached hydrogens (tertiary/aromatic N) is 3. The van der Waals surface area contributed by atoms with Crippen LogP contribution in [-0.4, -0.2) is 62.6 Å². The summed E-state index contributed by atoms with van der Waals surface area (Å²) < 4.78 is 1.55. The predicted molar refractivity (Wildman–Crippen MR) is 126 cm³/mol. The summed E-state index contributed by atoms with van der Waals surface area (Å²) in [6, 6.07) is 10.4. The third-order valence-electron chi connectivity index (χ3n) is 6.53. The van der Waals surface area contributed by atoms with Crippen LogP contribution in [0.15, 0.2) is 41.3 Å². The normalized spacial score (nSPS) is 17.4. The van der Waals surface area contributed by atoms with Crippen molar-refractivity contribution in [3.63, 3.8) is 0 Å². The molecule has 4 rings (SSSR count). The van der Waals surface area contributed by atoms with Crippen molar-refractivity contribution in [3.05, 3.63) is 69.1 Å². The highest BCUT2D eigenvalue weighted by Gasteiger charge is 2.28. The van der Waals surface area contributed by atoms with E-state index in [9.17, 15) is 19.5 Å². The van der Waals surface area contributed by atoms with Crippen molar-refractivity contribution in [2.75, 3.05) is 19.6 Å². The van der Waals surface area contributed by atoms with Gasteiger partial charge >= 0.3 is 5.97 Å². The van der Waals surface area contributed by atoms with Crippen LogP contribution in [0.5, 0.6) is 0 Å². The van der Waals surface area contributed by atoms with Crippen molar-refractivity contribution in [1.82, 2.24) is 14.4 Å². The number of aromatic carboxylic acids is 1. The van der Waals surface area contributed by atoms with Crippen molar-refractivity contribution in [1.29, 1.82) is 0 Å². The van der Waals surface area contributed by atoms with Crippen molar-refractivity contribution in [3.8, 4) is 0 Å². The zero-order valence-corrected chi connectivity index (χ0v) is 19.4. The number of carbonyl (C=O) groups excluding carboxylic acids is 1. The molecule has 1 atom stereocenters. The number of carboxylic acids is 1. The lowest BCUT2D eigenvalue weighted by Gasteiger charge is -2.29. The highest BCUT2D eigenvalue weighted by Crippen LogP contribution is 2.24. The van der Waals surface area contributed by atoms with E-state index in [1.807, 2.05) is 6.07 Å². The second-order valence-corrected chi connectivity index (χ2v) is 8.77. The topological polar surface area (TPSA) is 120 Å². The molecule has 2 aromatic rings. The average molecular weight is 470 g/mol. The maximum atomic E-state index is 12.9. The summed E-state index contributed by atoms with van der Waals surface area (Å²) in [5.41, 5.74) is 2.10. The van der Waals surface area contributed by atoms with Gasteiger partial charge in [-0.2, -0.15) is 0 Å². The first-order valence-corrected chi connectivity index (χ1v) is 11.4. The van der Waals surface area contributed by atoms with Crippen LogP contribution < -0.4 is 5.56 Å². The minimum atomic E-state index is -1.18. The molecule has 0 spiro atoms. The van der Waals surface area contributed by atoms with Gasteiger partial charge in [-0.3, -0.25) is 19.3 Å². The third kappa shape index (κ3) is 6.11. The van der Waals surface area contributed by atoms with Crippen molar-refractivity contribution in [2.45, 2.75) is 45.8 Å². The summed E-state index contributed by atoms with van der Waals surface area (Å²) in [6.45, 7) is 5.52. The number of hydrogen-bond donors (Lipinski definition) is 2. The van der Waals surface area contributed by atoms with Gasteiger partial charge in [0.15, 0.2) is 0 Å². The SMILES string of the molecule is CC(=O)N1CCc2c(cn(CCC3CCN(Cc4ccccc4)C3)c(=O)c2C(=O)O)C1.O=CO. The van der Waals surface area contributed by atoms with Gasteiger partial charge in [0.05, 0.1) is 0 Å². The molecule has 0 aliphatic carbocycles. The lowest BCUT2D eigenvalue weighted by atomic mass is 9.96. The Kier molecular flexibility index (Phi) is 8.59. The number of aryl methyl sites for hydroxylation is 1. The number of amides is 1. The van der Waals surface area contributed by atoms with Gasteiger partial charge < -0.3 is 19.7 Å². The molecule has 1 aromatic carbocycles. The third-order valence-corrected chi connectivity index (χ3v) is 6.53. The molecule has 9 nitrogen and oxygen atoms in total. The molecule has 1 unspecified atom stereocenters. The van der Waals surface area contributed by atoms with Crippen LogP contribution in [0.4, 0.5) is 0 Å². The Morgan fingerprint density at radius 1 is 1.18 bits per heavy atom. The van der Waals surface area contributed by atoms with Gasteiger partial charge in [0.1, 0.15) is 5.56 Å². The van der Waals surface area contributed by atoms with Crippen LogP contribution in [0.2, 0.25) is 0 Å². The molecule has 2 aliphatic rings. The Morgan fingerprint density at radius 3 is 2.53 bits per heavy atom. The van der Waals surface area contributed by atoms with E-state index in [2.05, 4.69) is 29.2 Å². The van der Waals surface area contributed by atoms with E-state index in [-0.39, 0.29) is 17.9 Å². The molecule has 3 heterocycles. The number of benzene rings is 1. The maximum Gasteiger partial charge on any atom is 0.341 e. The Morgan fingerprint density at radius 2 is 1.88 bits per heavy atom. The van der Waals surface area contributed by atoms with Crippen LogP contribution in [0.1, 0.15) is 46.8 Å². The molecule has 2 aliphatic heterocycles. The summed E-state index contributed by atoms with van der Waals surface area (Å²) in [4.78, 5) is 49.0. The lowest BCUT2D eigenvalue weighted by Crippen LogP contribution is -2.38. The van der Waals surface area contributed by atoms with Crippen LogP contribution in [-0.2, 0) is 35.6 Å². The summed E-state index contributed by atoms with van der Waals surface area (Å²) >= 11 is 0. The standard InChI is InChI=1S/C24H29N3O4.CH2O2/c1-17(28)26-12-9-21-20(15-26)16-27(23(29)22(21)24(30)31)11-8-19-7-10-25(14-19)13-18-5-3-2-4-6-18;2-1-3/h2-6,16,19H,7-15H2,1H3,(H,30,31);1H,(H,2,3). The molecule has 1 amide bonds. The van der Waals surface area contributed by atoms with E-state index < -0.39 is 11.5 Å². The number of rotatable bonds is 6. The highest BCUT2D eigenvalue weighted by molar-refractivity contribution is 5.89. The Balaban J connectivity index is 0.00000103. The fourth-order valence-corrected chi connectivity index (χ4v) is 4.82. The van der Waals surface area contributed by atoms with E-state index in [4.69, 9.17) is 9.90 Å². The zero-order valence-electron chi connectivity index (χ0n) is 19.4. The highest BCUT2D eigenvalue weighted by atomic mass is 16.4. The van der Waals surface area contributed by atoms with E-state index in [0.29, 0.717) is 37.5 Å². The van der Waals surface area contributed by atoms with Gasteiger partial charge in [-0.25, -0.2) is 4.79 Å². The molecule has 34 heavy (non-hydrogen) atoms. The molecular weight excluding hydrogens is 438 g/mol. The molecule has 0 saturated carbocycles. The van der Waals surface area contributed by atoms with Crippen molar-refractivity contribution in [2.24, 2.45) is 5.92 Å². The van der Waals surface area contributed by atoms with Crippen LogP contribution in [0, 0.1) is 5.92 Å². The Labute approximate surface area is 198 Å². The predicted octanol–water partition coefficient (Wildman–Crippen LogP) is 2.06. The minimum absolute atomic E-state index is 0.0373. The summed E-state index contributed by atoms with van der Waals surface area (Å²) in [6.07, 6.45) is 4.09. The van der Waals surface area contributed by atoms with Crippen LogP contribution in [0.25, 0.3) is 0 Å². The molecule has 9 heteroatoms. The van der Waals surface area contributed by atoms with Gasteiger partial charge in [-0.1, -0.05) is 30.3 Å². The molecule has 0 radical (unpaired) electrons. The lowest BCUT2D eigenvalue weighted by molar-refractivity contribution is -0.129. The number of fused-ring (bicyclic) bond motifs is 1. The summed E-state index contributed by atoms with van der Waals surface area (Å²) in [5.74, 6) is -0.736. The molecule has 0 bridgehead atoms. The van der Waals surface area contributed by atoms with Gasteiger partial charge in [-0.15, -0.1) is 0 Å². The largest absolute Gasteiger partial charge is 0.483 e. The maximum absolute atomic E-state index is 12.9. The molecular formula is C25H31N3O6. The van der Waals surface area contributed by atoms with Gasteiger partial charge in [-0.05, 0) is 48.4 Å². The molecule has 1 fully saturated rings. The second kappa shape index (κ2) is 11.6. The zero-order chi connectivity index (χ0) is 24.7. The number of hydrogen-bond acceptors (Lipinski definition) is 5. The summed E-state index contributed by atoms with van der Waals surface area (Å²) in [5, 5.41) is 16.6. The first-order valence-electron chi connectivity index (χ1n) is 11.4. The van der Waals surface area contributed by atoms with Crippen LogP contribution >= 0.6 is 0 Å². The molecule has 2 N–H and O–H groups in total. The quantitative estimate of drug-likeness (QED) is 0.622. The average Bonchev–Trinajstić information content (AvgIpc) is 3.25. The van der Waals surface area contributed by atoms with Gasteiger partial charge in [0, 0.05) is 45.8 Å². The minimum Gasteiger partial charge on any atom is -0.483 e. The van der Waals surface area contributed by atoms with E-state index in [0.717, 1.165) is 38.0 Å². The number of carbonyl (C=O) groups is 3. The molecule has 1 saturated heterocycles. The molecule has 182 valence electrons.